The van der Waals surface area contributed by atoms with Crippen LogP contribution in [0.4, 0.5) is 5.69 Å². The molecule has 0 atom stereocenters. The SMILES string of the molecule is NC(=Nc1ccc2c(c1)OCCO2)SCc1ccc(Br)cc1.[Cl-]. The summed E-state index contributed by atoms with van der Waals surface area (Å²) in [6.07, 6.45) is 0. The van der Waals surface area contributed by atoms with Gasteiger partial charge >= 0.3 is 0 Å². The van der Waals surface area contributed by atoms with Gasteiger partial charge in [-0.3, -0.25) is 0 Å². The van der Waals surface area contributed by atoms with Crippen LogP contribution < -0.4 is 27.6 Å². The fourth-order valence-corrected chi connectivity index (χ4v) is 2.94. The molecule has 1 aliphatic heterocycles. The predicted molar refractivity (Wildman–Crippen MR) is 94.2 cm³/mol. The molecule has 4 nitrogen and oxygen atoms in total. The van der Waals surface area contributed by atoms with Crippen molar-refractivity contribution in [3.05, 3.63) is 52.5 Å². The molecule has 2 N–H and O–H groups in total. The average Bonchev–Trinajstić information content (AvgIpc) is 2.54. The van der Waals surface area contributed by atoms with Crippen LogP contribution in [0.25, 0.3) is 0 Å². The standard InChI is InChI=1S/C16H15BrN2O2S.ClH/c17-12-3-1-11(2-4-12)10-22-16(18)19-13-5-6-14-15(9-13)21-8-7-20-14;/h1-6,9H,7-8,10H2,(H2,18,19);1H/p-1. The van der Waals surface area contributed by atoms with Gasteiger partial charge in [-0.2, -0.15) is 0 Å². The van der Waals surface area contributed by atoms with E-state index in [1.54, 1.807) is 0 Å². The van der Waals surface area contributed by atoms with Gasteiger partial charge in [0.25, 0.3) is 0 Å². The van der Waals surface area contributed by atoms with Gasteiger partial charge in [0, 0.05) is 16.3 Å². The molecule has 0 aliphatic carbocycles. The van der Waals surface area contributed by atoms with Crippen molar-refractivity contribution in [2.75, 3.05) is 13.2 Å². The first-order valence-corrected chi connectivity index (χ1v) is 8.59. The Kier molecular flexibility index (Phi) is 6.62. The van der Waals surface area contributed by atoms with Gasteiger partial charge in [0.15, 0.2) is 16.7 Å². The number of fused-ring (bicyclic) bond motifs is 1. The molecule has 2 aromatic rings. The summed E-state index contributed by atoms with van der Waals surface area (Å²) in [5, 5.41) is 0.527. The average molecular weight is 415 g/mol. The number of nitrogens with two attached hydrogens (primary N) is 1. The van der Waals surface area contributed by atoms with Crippen LogP contribution in [0.2, 0.25) is 0 Å². The molecule has 1 heterocycles. The fraction of sp³-hybridized carbons (Fsp3) is 0.188. The van der Waals surface area contributed by atoms with Crippen LogP contribution in [0.5, 0.6) is 11.5 Å². The van der Waals surface area contributed by atoms with Crippen molar-refractivity contribution < 1.29 is 21.9 Å². The molecule has 7 heteroatoms. The maximum absolute atomic E-state index is 5.99. The first kappa shape index (κ1) is 18.0. The van der Waals surface area contributed by atoms with Crippen LogP contribution >= 0.6 is 27.7 Å². The lowest BCUT2D eigenvalue weighted by atomic mass is 10.2. The van der Waals surface area contributed by atoms with Gasteiger partial charge in [0.05, 0.1) is 5.69 Å². The topological polar surface area (TPSA) is 56.8 Å². The normalized spacial score (nSPS) is 13.3. The summed E-state index contributed by atoms with van der Waals surface area (Å²) in [6, 6.07) is 13.7. The Hall–Kier alpha value is -1.37. The molecule has 0 unspecified atom stereocenters. The molecule has 1 aliphatic rings. The smallest absolute Gasteiger partial charge is 0.163 e. The molecule has 0 fully saturated rings. The van der Waals surface area contributed by atoms with E-state index in [0.29, 0.717) is 18.4 Å². The molecule has 0 spiro atoms. The van der Waals surface area contributed by atoms with Crippen LogP contribution in [-0.2, 0) is 5.75 Å². The minimum Gasteiger partial charge on any atom is -1.00 e. The molecule has 0 radical (unpaired) electrons. The monoisotopic (exact) mass is 413 g/mol. The Labute approximate surface area is 154 Å². The summed E-state index contributed by atoms with van der Waals surface area (Å²) in [5.74, 6) is 2.26. The van der Waals surface area contributed by atoms with E-state index in [9.17, 15) is 0 Å². The van der Waals surface area contributed by atoms with Gasteiger partial charge in [-0.25, -0.2) is 4.99 Å². The molecule has 0 bridgehead atoms. The molecule has 2 aromatic carbocycles. The third-order valence-electron chi connectivity index (χ3n) is 3.07. The van der Waals surface area contributed by atoms with Crippen molar-refractivity contribution in [2.45, 2.75) is 5.75 Å². The largest absolute Gasteiger partial charge is 1.00 e. The molecule has 0 amide bonds. The summed E-state index contributed by atoms with van der Waals surface area (Å²) in [6.45, 7) is 1.15. The van der Waals surface area contributed by atoms with E-state index < -0.39 is 0 Å². The third kappa shape index (κ3) is 5.06. The van der Waals surface area contributed by atoms with E-state index in [1.807, 2.05) is 30.3 Å². The number of thioether (sulfide) groups is 1. The summed E-state index contributed by atoms with van der Waals surface area (Å²) < 4.78 is 12.1. The van der Waals surface area contributed by atoms with E-state index in [1.165, 1.54) is 17.3 Å². The highest BCUT2D eigenvalue weighted by Crippen LogP contribution is 2.33. The van der Waals surface area contributed by atoms with E-state index in [4.69, 9.17) is 15.2 Å². The number of halogens is 2. The van der Waals surface area contributed by atoms with Crippen LogP contribution in [-0.4, -0.2) is 18.4 Å². The van der Waals surface area contributed by atoms with Crippen LogP contribution in [0.15, 0.2) is 51.9 Å². The molecule has 3 rings (SSSR count). The second kappa shape index (κ2) is 8.47. The summed E-state index contributed by atoms with van der Waals surface area (Å²) >= 11 is 4.93. The number of amidine groups is 1. The fourth-order valence-electron chi connectivity index (χ4n) is 2.00. The Morgan fingerprint density at radius 3 is 2.52 bits per heavy atom. The number of nitrogens with zero attached hydrogens (tertiary/aromatic N) is 1. The summed E-state index contributed by atoms with van der Waals surface area (Å²) in [7, 11) is 0. The number of hydrogen-bond donors (Lipinski definition) is 1. The maximum atomic E-state index is 5.99. The number of benzene rings is 2. The first-order valence-electron chi connectivity index (χ1n) is 6.82. The Balaban J connectivity index is 0.00000192. The molecular weight excluding hydrogens is 400 g/mol. The molecule has 122 valence electrons. The minimum atomic E-state index is 0. The Bertz CT molecular complexity index is 695. The number of rotatable bonds is 3. The van der Waals surface area contributed by atoms with Crippen molar-refractivity contribution in [3.8, 4) is 11.5 Å². The lowest BCUT2D eigenvalue weighted by Gasteiger charge is -2.18. The lowest BCUT2D eigenvalue weighted by molar-refractivity contribution is -0.00000497. The van der Waals surface area contributed by atoms with Gasteiger partial charge in [-0.1, -0.05) is 39.8 Å². The number of aliphatic imine (C=N–C) groups is 1. The van der Waals surface area contributed by atoms with Gasteiger partial charge in [0.2, 0.25) is 0 Å². The Morgan fingerprint density at radius 1 is 1.09 bits per heavy atom. The molecule has 0 saturated carbocycles. The quantitative estimate of drug-likeness (QED) is 0.604. The lowest BCUT2D eigenvalue weighted by Crippen LogP contribution is -3.00. The molecule has 23 heavy (non-hydrogen) atoms. The third-order valence-corrected chi connectivity index (χ3v) is 4.46. The highest BCUT2D eigenvalue weighted by atomic mass is 79.9. The zero-order chi connectivity index (χ0) is 15.4. The van der Waals surface area contributed by atoms with E-state index in [0.717, 1.165) is 27.4 Å². The summed E-state index contributed by atoms with van der Waals surface area (Å²) in [4.78, 5) is 4.41. The highest BCUT2D eigenvalue weighted by molar-refractivity contribution is 9.10. The highest BCUT2D eigenvalue weighted by Gasteiger charge is 2.11. The number of hydrogen-bond acceptors (Lipinski definition) is 4. The van der Waals surface area contributed by atoms with Crippen molar-refractivity contribution in [3.63, 3.8) is 0 Å². The summed E-state index contributed by atoms with van der Waals surface area (Å²) in [5.41, 5.74) is 7.96. The van der Waals surface area contributed by atoms with Gasteiger partial charge in [-0.15, -0.1) is 0 Å². The van der Waals surface area contributed by atoms with Gasteiger partial charge in [-0.05, 0) is 29.8 Å². The van der Waals surface area contributed by atoms with Crippen molar-refractivity contribution in [1.29, 1.82) is 0 Å². The zero-order valence-electron chi connectivity index (χ0n) is 12.2. The number of ether oxygens (including phenoxy) is 2. The zero-order valence-corrected chi connectivity index (χ0v) is 15.3. The van der Waals surface area contributed by atoms with Gasteiger partial charge in [0.1, 0.15) is 13.2 Å². The van der Waals surface area contributed by atoms with Crippen LogP contribution in [0, 0.1) is 0 Å². The van der Waals surface area contributed by atoms with Crippen molar-refractivity contribution in [2.24, 2.45) is 10.7 Å². The maximum Gasteiger partial charge on any atom is 0.163 e. The van der Waals surface area contributed by atoms with Crippen molar-refractivity contribution >= 4 is 38.5 Å². The van der Waals surface area contributed by atoms with Crippen LogP contribution in [0.3, 0.4) is 0 Å². The molecule has 0 saturated heterocycles. The second-order valence-electron chi connectivity index (χ2n) is 4.69. The minimum absolute atomic E-state index is 0. The van der Waals surface area contributed by atoms with Crippen LogP contribution in [0.1, 0.15) is 5.56 Å². The molecule has 0 aromatic heterocycles. The molecular formula is C16H15BrClN2O2S-. The van der Waals surface area contributed by atoms with E-state index >= 15 is 0 Å². The second-order valence-corrected chi connectivity index (χ2v) is 6.60. The van der Waals surface area contributed by atoms with E-state index in [-0.39, 0.29) is 12.4 Å². The van der Waals surface area contributed by atoms with E-state index in [2.05, 4.69) is 33.1 Å². The predicted octanol–water partition coefficient (Wildman–Crippen LogP) is 1.10. The first-order chi connectivity index (χ1) is 10.7. The Morgan fingerprint density at radius 2 is 1.78 bits per heavy atom. The van der Waals surface area contributed by atoms with Crippen molar-refractivity contribution in [1.82, 2.24) is 0 Å². The van der Waals surface area contributed by atoms with Gasteiger partial charge < -0.3 is 27.6 Å².